The average molecular weight is 316 g/mol. The van der Waals surface area contributed by atoms with Crippen molar-refractivity contribution in [3.8, 4) is 11.3 Å². The first-order valence-electron chi connectivity index (χ1n) is 8.04. The zero-order valence-corrected chi connectivity index (χ0v) is 13.7. The number of amides is 1. The molecule has 3 rings (SSSR count). The minimum atomic E-state index is 0.0155. The van der Waals surface area contributed by atoms with E-state index in [9.17, 15) is 4.79 Å². The van der Waals surface area contributed by atoms with E-state index in [1.807, 2.05) is 73.7 Å². The third kappa shape index (κ3) is 4.07. The first kappa shape index (κ1) is 15.9. The zero-order valence-electron chi connectivity index (χ0n) is 13.7. The lowest BCUT2D eigenvalue weighted by atomic mass is 10.1. The highest BCUT2D eigenvalue weighted by molar-refractivity contribution is 5.78. The molecule has 0 spiro atoms. The van der Waals surface area contributed by atoms with Crippen LogP contribution in [0.2, 0.25) is 0 Å². The van der Waals surface area contributed by atoms with E-state index >= 15 is 0 Å². The predicted octanol–water partition coefficient (Wildman–Crippen LogP) is 3.92. The summed E-state index contributed by atoms with van der Waals surface area (Å²) < 4.78 is 0. The van der Waals surface area contributed by atoms with Gasteiger partial charge in [-0.15, -0.1) is 0 Å². The standard InChI is InChI=1S/C21H20N2O/c1-16-9-11-17(12-10-16)14-20(24)23-15-19-8-5-13-22-21(19)18-6-3-2-4-7-18/h2-13H,14-15H2,1H3,(H,23,24). The molecule has 120 valence electrons. The van der Waals surface area contributed by atoms with Crippen LogP contribution in [0.3, 0.4) is 0 Å². The molecule has 2 aromatic carbocycles. The minimum absolute atomic E-state index is 0.0155. The maximum Gasteiger partial charge on any atom is 0.224 e. The molecule has 0 fully saturated rings. The number of hydrogen-bond acceptors (Lipinski definition) is 2. The molecule has 1 N–H and O–H groups in total. The van der Waals surface area contributed by atoms with Crippen LogP contribution in [-0.4, -0.2) is 10.9 Å². The van der Waals surface area contributed by atoms with Gasteiger partial charge in [-0.1, -0.05) is 66.2 Å². The van der Waals surface area contributed by atoms with Gasteiger partial charge in [0.05, 0.1) is 12.1 Å². The normalized spacial score (nSPS) is 10.4. The second kappa shape index (κ2) is 7.55. The van der Waals surface area contributed by atoms with E-state index in [0.29, 0.717) is 13.0 Å². The molecule has 0 aliphatic heterocycles. The molecule has 3 heteroatoms. The van der Waals surface area contributed by atoms with E-state index < -0.39 is 0 Å². The second-order valence-corrected chi connectivity index (χ2v) is 5.82. The molecule has 0 aliphatic carbocycles. The Balaban J connectivity index is 1.66. The van der Waals surface area contributed by atoms with E-state index in [1.54, 1.807) is 6.20 Å². The van der Waals surface area contributed by atoms with Crippen molar-refractivity contribution in [2.75, 3.05) is 0 Å². The number of aromatic nitrogens is 1. The van der Waals surface area contributed by atoms with Gasteiger partial charge in [-0.3, -0.25) is 9.78 Å². The molecule has 0 saturated carbocycles. The van der Waals surface area contributed by atoms with Crippen LogP contribution in [0.4, 0.5) is 0 Å². The Morgan fingerprint density at radius 1 is 0.958 bits per heavy atom. The summed E-state index contributed by atoms with van der Waals surface area (Å²) in [6.45, 7) is 2.51. The highest BCUT2D eigenvalue weighted by atomic mass is 16.1. The minimum Gasteiger partial charge on any atom is -0.352 e. The Morgan fingerprint density at radius 3 is 2.46 bits per heavy atom. The summed E-state index contributed by atoms with van der Waals surface area (Å²) in [5.74, 6) is 0.0155. The third-order valence-corrected chi connectivity index (χ3v) is 3.90. The Labute approximate surface area is 142 Å². The monoisotopic (exact) mass is 316 g/mol. The number of nitrogens with zero attached hydrogens (tertiary/aromatic N) is 1. The second-order valence-electron chi connectivity index (χ2n) is 5.82. The summed E-state index contributed by atoms with van der Waals surface area (Å²) in [7, 11) is 0. The Bertz CT molecular complexity index is 811. The third-order valence-electron chi connectivity index (χ3n) is 3.90. The van der Waals surface area contributed by atoms with Gasteiger partial charge in [0.25, 0.3) is 0 Å². The molecule has 3 aromatic rings. The molecule has 0 aliphatic rings. The molecule has 1 heterocycles. The molecular formula is C21H20N2O. The van der Waals surface area contributed by atoms with Crippen LogP contribution < -0.4 is 5.32 Å². The molecule has 1 amide bonds. The summed E-state index contributed by atoms with van der Waals surface area (Å²) in [4.78, 5) is 16.7. The number of carbonyl (C=O) groups excluding carboxylic acids is 1. The summed E-state index contributed by atoms with van der Waals surface area (Å²) in [6, 6.07) is 22.0. The van der Waals surface area contributed by atoms with E-state index in [0.717, 1.165) is 22.4 Å². The number of rotatable bonds is 5. The number of nitrogens with one attached hydrogen (secondary N) is 1. The number of pyridine rings is 1. The summed E-state index contributed by atoms with van der Waals surface area (Å²) in [6.07, 6.45) is 2.17. The molecule has 3 nitrogen and oxygen atoms in total. The summed E-state index contributed by atoms with van der Waals surface area (Å²) in [5.41, 5.74) is 5.20. The topological polar surface area (TPSA) is 42.0 Å². The predicted molar refractivity (Wildman–Crippen MR) is 96.4 cm³/mol. The Kier molecular flexibility index (Phi) is 5.02. The van der Waals surface area contributed by atoms with Crippen LogP contribution in [0.1, 0.15) is 16.7 Å². The Morgan fingerprint density at radius 2 is 1.71 bits per heavy atom. The number of benzene rings is 2. The first-order chi connectivity index (χ1) is 11.7. The smallest absolute Gasteiger partial charge is 0.224 e. The molecule has 0 unspecified atom stereocenters. The lowest BCUT2D eigenvalue weighted by Gasteiger charge is -2.10. The van der Waals surface area contributed by atoms with Gasteiger partial charge in [-0.2, -0.15) is 0 Å². The van der Waals surface area contributed by atoms with Crippen LogP contribution in [0.5, 0.6) is 0 Å². The molecule has 0 atom stereocenters. The van der Waals surface area contributed by atoms with Crippen molar-refractivity contribution in [3.63, 3.8) is 0 Å². The first-order valence-corrected chi connectivity index (χ1v) is 8.04. The fraction of sp³-hybridized carbons (Fsp3) is 0.143. The highest BCUT2D eigenvalue weighted by Crippen LogP contribution is 2.20. The van der Waals surface area contributed by atoms with Gasteiger partial charge in [0.15, 0.2) is 0 Å². The van der Waals surface area contributed by atoms with Crippen molar-refractivity contribution in [1.29, 1.82) is 0 Å². The van der Waals surface area contributed by atoms with Crippen molar-refractivity contribution in [2.45, 2.75) is 19.9 Å². The van der Waals surface area contributed by atoms with Crippen molar-refractivity contribution in [3.05, 3.63) is 89.6 Å². The largest absolute Gasteiger partial charge is 0.352 e. The number of aryl methyl sites for hydroxylation is 1. The zero-order chi connectivity index (χ0) is 16.8. The maximum atomic E-state index is 12.2. The van der Waals surface area contributed by atoms with E-state index in [4.69, 9.17) is 0 Å². The van der Waals surface area contributed by atoms with Crippen molar-refractivity contribution >= 4 is 5.91 Å². The van der Waals surface area contributed by atoms with Crippen LogP contribution in [0.25, 0.3) is 11.3 Å². The van der Waals surface area contributed by atoms with Gasteiger partial charge >= 0.3 is 0 Å². The molecule has 1 aromatic heterocycles. The molecule has 0 saturated heterocycles. The van der Waals surface area contributed by atoms with Crippen LogP contribution in [0.15, 0.2) is 72.9 Å². The lowest BCUT2D eigenvalue weighted by molar-refractivity contribution is -0.120. The number of carbonyl (C=O) groups is 1. The van der Waals surface area contributed by atoms with Gasteiger partial charge in [-0.05, 0) is 24.1 Å². The average Bonchev–Trinajstić information content (AvgIpc) is 2.63. The molecule has 0 bridgehead atoms. The van der Waals surface area contributed by atoms with Gasteiger partial charge < -0.3 is 5.32 Å². The molecule has 0 radical (unpaired) electrons. The lowest BCUT2D eigenvalue weighted by Crippen LogP contribution is -2.25. The molecule has 24 heavy (non-hydrogen) atoms. The van der Waals surface area contributed by atoms with Gasteiger partial charge in [0.1, 0.15) is 0 Å². The quantitative estimate of drug-likeness (QED) is 0.775. The van der Waals surface area contributed by atoms with E-state index in [-0.39, 0.29) is 5.91 Å². The maximum absolute atomic E-state index is 12.2. The van der Waals surface area contributed by atoms with Crippen molar-refractivity contribution in [2.24, 2.45) is 0 Å². The molecular weight excluding hydrogens is 296 g/mol. The van der Waals surface area contributed by atoms with Gasteiger partial charge in [0.2, 0.25) is 5.91 Å². The van der Waals surface area contributed by atoms with Crippen LogP contribution >= 0.6 is 0 Å². The van der Waals surface area contributed by atoms with Gasteiger partial charge in [-0.25, -0.2) is 0 Å². The van der Waals surface area contributed by atoms with Crippen molar-refractivity contribution in [1.82, 2.24) is 10.3 Å². The highest BCUT2D eigenvalue weighted by Gasteiger charge is 2.08. The summed E-state index contributed by atoms with van der Waals surface area (Å²) >= 11 is 0. The van der Waals surface area contributed by atoms with Gasteiger partial charge in [0, 0.05) is 18.3 Å². The van der Waals surface area contributed by atoms with Crippen LogP contribution in [0, 0.1) is 6.92 Å². The SMILES string of the molecule is Cc1ccc(CC(=O)NCc2cccnc2-c2ccccc2)cc1. The van der Waals surface area contributed by atoms with Crippen LogP contribution in [-0.2, 0) is 17.8 Å². The fourth-order valence-electron chi connectivity index (χ4n) is 2.58. The van der Waals surface area contributed by atoms with E-state index in [2.05, 4.69) is 10.3 Å². The van der Waals surface area contributed by atoms with Crippen molar-refractivity contribution < 1.29 is 4.79 Å². The Hall–Kier alpha value is -2.94. The fourth-order valence-corrected chi connectivity index (χ4v) is 2.58. The summed E-state index contributed by atoms with van der Waals surface area (Å²) in [5, 5.41) is 2.99. The number of hydrogen-bond donors (Lipinski definition) is 1. The van der Waals surface area contributed by atoms with E-state index in [1.165, 1.54) is 5.56 Å².